The van der Waals surface area contributed by atoms with E-state index < -0.39 is 0 Å². The van der Waals surface area contributed by atoms with Crippen LogP contribution in [0.15, 0.2) is 17.6 Å². The maximum atomic E-state index is 12.5. The van der Waals surface area contributed by atoms with E-state index in [4.69, 9.17) is 0 Å². The first-order valence-corrected chi connectivity index (χ1v) is 6.47. The van der Waals surface area contributed by atoms with Crippen LogP contribution in [0.2, 0.25) is 0 Å². The molecule has 1 amide bonds. The van der Waals surface area contributed by atoms with E-state index in [9.17, 15) is 4.79 Å². The molecule has 0 aromatic carbocycles. The zero-order chi connectivity index (χ0) is 13.4. The fraction of sp³-hybridized carbons (Fsp3) is 0.583. The summed E-state index contributed by atoms with van der Waals surface area (Å²) >= 11 is 0. The Kier molecular flexibility index (Phi) is 2.98. The number of hydrogen-bond donors (Lipinski definition) is 1. The predicted octanol–water partition coefficient (Wildman–Crippen LogP) is -0.248. The predicted molar refractivity (Wildman–Crippen MR) is 70.4 cm³/mol. The first-order valence-electron chi connectivity index (χ1n) is 6.47. The van der Waals surface area contributed by atoms with Crippen LogP contribution in [0.5, 0.6) is 0 Å². The van der Waals surface area contributed by atoms with E-state index in [1.54, 1.807) is 4.68 Å². The van der Waals surface area contributed by atoms with Gasteiger partial charge in [-0.2, -0.15) is 10.1 Å². The second kappa shape index (κ2) is 4.65. The lowest BCUT2D eigenvalue weighted by Crippen LogP contribution is -2.48. The third-order valence-corrected chi connectivity index (χ3v) is 3.72. The van der Waals surface area contributed by atoms with Gasteiger partial charge in [0.1, 0.15) is 6.33 Å². The molecule has 102 valence electrons. The second-order valence-corrected chi connectivity index (χ2v) is 5.07. The number of fused-ring (bicyclic) bond motifs is 1. The average molecular weight is 262 g/mol. The van der Waals surface area contributed by atoms with Gasteiger partial charge in [-0.05, 0) is 14.0 Å². The van der Waals surface area contributed by atoms with Crippen molar-refractivity contribution in [2.45, 2.75) is 13.5 Å². The number of hydrogen-bond acceptors (Lipinski definition) is 5. The van der Waals surface area contributed by atoms with Gasteiger partial charge in [0.15, 0.2) is 0 Å². The van der Waals surface area contributed by atoms with E-state index in [1.807, 2.05) is 11.8 Å². The maximum Gasteiger partial charge on any atom is 0.253 e. The van der Waals surface area contributed by atoms with Crippen LogP contribution >= 0.6 is 0 Å². The van der Waals surface area contributed by atoms with Gasteiger partial charge in [0.2, 0.25) is 5.95 Å². The number of nitrogens with one attached hydrogen (secondary N) is 1. The summed E-state index contributed by atoms with van der Waals surface area (Å²) in [4.78, 5) is 20.8. The van der Waals surface area contributed by atoms with Crippen LogP contribution in [-0.4, -0.2) is 63.7 Å². The summed E-state index contributed by atoms with van der Waals surface area (Å²) in [6.45, 7) is 5.85. The summed E-state index contributed by atoms with van der Waals surface area (Å²) in [5.41, 5.74) is 1.66. The number of nitrogens with zero attached hydrogens (tertiary/aromatic N) is 5. The molecular formula is C12H18N6O. The Morgan fingerprint density at radius 2 is 2.05 bits per heavy atom. The fourth-order valence-electron chi connectivity index (χ4n) is 2.42. The highest BCUT2D eigenvalue weighted by atomic mass is 16.2. The SMILES string of the molecule is CC1=C(C(=O)N2CCN(C)CC2)Cn2ncnc2N1. The molecule has 0 unspecified atom stereocenters. The lowest BCUT2D eigenvalue weighted by atomic mass is 10.1. The number of likely N-dealkylation sites (N-methyl/N-ethyl adjacent to an activating group) is 1. The number of carbonyl (C=O) groups is 1. The number of piperazine rings is 1. The van der Waals surface area contributed by atoms with Crippen molar-refractivity contribution >= 4 is 11.9 Å². The molecule has 7 heteroatoms. The summed E-state index contributed by atoms with van der Waals surface area (Å²) in [6.07, 6.45) is 1.50. The Morgan fingerprint density at radius 3 is 2.79 bits per heavy atom. The van der Waals surface area contributed by atoms with Gasteiger partial charge in [-0.15, -0.1) is 0 Å². The quantitative estimate of drug-likeness (QED) is 0.756. The van der Waals surface area contributed by atoms with Crippen molar-refractivity contribution in [2.75, 3.05) is 38.5 Å². The van der Waals surface area contributed by atoms with Crippen LogP contribution in [0, 0.1) is 0 Å². The van der Waals surface area contributed by atoms with Gasteiger partial charge in [0.05, 0.1) is 12.1 Å². The molecule has 0 saturated carbocycles. The number of aromatic nitrogens is 3. The number of amides is 1. The van der Waals surface area contributed by atoms with Crippen molar-refractivity contribution in [3.63, 3.8) is 0 Å². The molecule has 1 saturated heterocycles. The maximum absolute atomic E-state index is 12.5. The zero-order valence-corrected chi connectivity index (χ0v) is 11.3. The Bertz CT molecular complexity index is 526. The molecule has 0 atom stereocenters. The Labute approximate surface area is 111 Å². The van der Waals surface area contributed by atoms with E-state index in [2.05, 4.69) is 27.3 Å². The van der Waals surface area contributed by atoms with Crippen molar-refractivity contribution in [3.05, 3.63) is 17.6 Å². The van der Waals surface area contributed by atoms with Gasteiger partial charge in [0.25, 0.3) is 5.91 Å². The molecule has 1 aromatic heterocycles. The third kappa shape index (κ3) is 2.21. The highest BCUT2D eigenvalue weighted by Crippen LogP contribution is 2.20. The summed E-state index contributed by atoms with van der Waals surface area (Å²) in [5.74, 6) is 0.812. The van der Waals surface area contributed by atoms with E-state index >= 15 is 0 Å². The van der Waals surface area contributed by atoms with Crippen LogP contribution < -0.4 is 5.32 Å². The van der Waals surface area contributed by atoms with E-state index in [0.29, 0.717) is 12.5 Å². The molecule has 0 spiro atoms. The molecule has 2 aliphatic heterocycles. The van der Waals surface area contributed by atoms with Gasteiger partial charge >= 0.3 is 0 Å². The summed E-state index contributed by atoms with van der Waals surface area (Å²) in [7, 11) is 2.08. The van der Waals surface area contributed by atoms with Crippen LogP contribution in [0.3, 0.4) is 0 Å². The van der Waals surface area contributed by atoms with Crippen molar-refractivity contribution in [3.8, 4) is 0 Å². The Hall–Kier alpha value is -1.89. The van der Waals surface area contributed by atoms with Crippen molar-refractivity contribution in [1.82, 2.24) is 24.6 Å². The van der Waals surface area contributed by atoms with Crippen molar-refractivity contribution in [2.24, 2.45) is 0 Å². The monoisotopic (exact) mass is 262 g/mol. The molecule has 1 N–H and O–H groups in total. The topological polar surface area (TPSA) is 66.3 Å². The molecular weight excluding hydrogens is 244 g/mol. The highest BCUT2D eigenvalue weighted by molar-refractivity contribution is 5.95. The molecule has 3 rings (SSSR count). The molecule has 3 heterocycles. The van der Waals surface area contributed by atoms with Gasteiger partial charge in [0, 0.05) is 31.9 Å². The molecule has 2 aliphatic rings. The zero-order valence-electron chi connectivity index (χ0n) is 11.3. The lowest BCUT2D eigenvalue weighted by molar-refractivity contribution is -0.129. The van der Waals surface area contributed by atoms with Crippen molar-refractivity contribution < 1.29 is 4.79 Å². The molecule has 0 bridgehead atoms. The molecule has 19 heavy (non-hydrogen) atoms. The van der Waals surface area contributed by atoms with Crippen LogP contribution in [0.4, 0.5) is 5.95 Å². The van der Waals surface area contributed by atoms with Gasteiger partial charge < -0.3 is 15.1 Å². The van der Waals surface area contributed by atoms with E-state index in [1.165, 1.54) is 6.33 Å². The number of allylic oxidation sites excluding steroid dienone is 1. The van der Waals surface area contributed by atoms with Crippen molar-refractivity contribution in [1.29, 1.82) is 0 Å². The average Bonchev–Trinajstić information content (AvgIpc) is 2.85. The minimum atomic E-state index is 0.110. The number of anilines is 1. The van der Waals surface area contributed by atoms with Crippen LogP contribution in [-0.2, 0) is 11.3 Å². The lowest BCUT2D eigenvalue weighted by Gasteiger charge is -2.34. The van der Waals surface area contributed by atoms with Crippen LogP contribution in [0.25, 0.3) is 0 Å². The first-order chi connectivity index (χ1) is 9.15. The number of carbonyl (C=O) groups excluding carboxylic acids is 1. The Morgan fingerprint density at radius 1 is 1.32 bits per heavy atom. The largest absolute Gasteiger partial charge is 0.336 e. The van der Waals surface area contributed by atoms with E-state index in [-0.39, 0.29) is 5.91 Å². The van der Waals surface area contributed by atoms with E-state index in [0.717, 1.165) is 37.4 Å². The smallest absolute Gasteiger partial charge is 0.253 e. The third-order valence-electron chi connectivity index (χ3n) is 3.72. The Balaban J connectivity index is 1.76. The van der Waals surface area contributed by atoms with Gasteiger partial charge in [-0.1, -0.05) is 0 Å². The minimum Gasteiger partial charge on any atom is -0.336 e. The molecule has 1 aromatic rings. The molecule has 0 radical (unpaired) electrons. The summed E-state index contributed by atoms with van der Waals surface area (Å²) < 4.78 is 1.72. The minimum absolute atomic E-state index is 0.110. The van der Waals surface area contributed by atoms with Crippen LogP contribution in [0.1, 0.15) is 6.92 Å². The molecule has 7 nitrogen and oxygen atoms in total. The number of rotatable bonds is 1. The molecule has 1 fully saturated rings. The fourth-order valence-corrected chi connectivity index (χ4v) is 2.42. The van der Waals surface area contributed by atoms with Gasteiger partial charge in [-0.25, -0.2) is 4.68 Å². The second-order valence-electron chi connectivity index (χ2n) is 5.07. The van der Waals surface area contributed by atoms with Gasteiger partial charge in [-0.3, -0.25) is 4.79 Å². The highest BCUT2D eigenvalue weighted by Gasteiger charge is 2.27. The molecule has 0 aliphatic carbocycles. The first kappa shape index (κ1) is 12.2. The summed E-state index contributed by atoms with van der Waals surface area (Å²) in [5, 5.41) is 7.24. The normalized spacial score (nSPS) is 20.2. The summed E-state index contributed by atoms with van der Waals surface area (Å²) in [6, 6.07) is 0. The standard InChI is InChI=1S/C12H18N6O/c1-9-10(7-18-12(15-9)13-8-14-18)11(19)17-5-3-16(2)4-6-17/h8H,3-7H2,1-2H3,(H,13,14,15).